The van der Waals surface area contributed by atoms with Crippen LogP contribution in [0.1, 0.15) is 12.6 Å². The molecule has 0 saturated heterocycles. The number of nitriles is 1. The molecule has 0 aliphatic carbocycles. The minimum Gasteiger partial charge on any atom is -0.396 e. The standard InChI is InChI=1S/C10H11F3N4/c1-2-17(6-10(11,12)13)9-4-3-7(15)8(5-14)16-9/h3-4H,2,6,15H2,1H3. The number of rotatable bonds is 3. The third kappa shape index (κ3) is 3.52. The number of alkyl halides is 3. The molecule has 0 amide bonds. The highest BCUT2D eigenvalue weighted by Gasteiger charge is 2.30. The van der Waals surface area contributed by atoms with Gasteiger partial charge in [0.15, 0.2) is 5.69 Å². The van der Waals surface area contributed by atoms with Crippen molar-refractivity contribution in [2.75, 3.05) is 23.7 Å². The van der Waals surface area contributed by atoms with E-state index in [4.69, 9.17) is 11.0 Å². The lowest BCUT2D eigenvalue weighted by atomic mass is 10.3. The number of anilines is 2. The van der Waals surface area contributed by atoms with Crippen molar-refractivity contribution in [1.29, 1.82) is 5.26 Å². The molecule has 0 saturated carbocycles. The summed E-state index contributed by atoms with van der Waals surface area (Å²) in [5, 5.41) is 8.70. The van der Waals surface area contributed by atoms with Crippen molar-refractivity contribution in [2.24, 2.45) is 0 Å². The second-order valence-corrected chi connectivity index (χ2v) is 3.35. The van der Waals surface area contributed by atoms with Gasteiger partial charge in [0.05, 0.1) is 5.69 Å². The van der Waals surface area contributed by atoms with Gasteiger partial charge in [-0.2, -0.15) is 18.4 Å². The van der Waals surface area contributed by atoms with Gasteiger partial charge in [0.1, 0.15) is 18.4 Å². The molecule has 1 aromatic rings. The Hall–Kier alpha value is -1.97. The first kappa shape index (κ1) is 13.1. The average Bonchev–Trinajstić information content (AvgIpc) is 2.25. The van der Waals surface area contributed by atoms with Crippen LogP contribution >= 0.6 is 0 Å². The Morgan fingerprint density at radius 3 is 2.59 bits per heavy atom. The van der Waals surface area contributed by atoms with Crippen LogP contribution in [-0.4, -0.2) is 24.2 Å². The van der Waals surface area contributed by atoms with Crippen LogP contribution in [0.3, 0.4) is 0 Å². The Labute approximate surface area is 96.5 Å². The van der Waals surface area contributed by atoms with Crippen molar-refractivity contribution in [3.05, 3.63) is 17.8 Å². The first-order valence-electron chi connectivity index (χ1n) is 4.85. The van der Waals surface area contributed by atoms with Crippen molar-refractivity contribution >= 4 is 11.5 Å². The molecule has 0 bridgehead atoms. The van der Waals surface area contributed by atoms with E-state index >= 15 is 0 Å². The summed E-state index contributed by atoms with van der Waals surface area (Å²) >= 11 is 0. The highest BCUT2D eigenvalue weighted by Crippen LogP contribution is 2.22. The molecule has 2 N–H and O–H groups in total. The van der Waals surface area contributed by atoms with Crippen LogP contribution in [-0.2, 0) is 0 Å². The quantitative estimate of drug-likeness (QED) is 0.882. The average molecular weight is 244 g/mol. The van der Waals surface area contributed by atoms with E-state index in [1.807, 2.05) is 0 Å². The summed E-state index contributed by atoms with van der Waals surface area (Å²) in [6.45, 7) is 0.614. The van der Waals surface area contributed by atoms with Crippen LogP contribution < -0.4 is 10.6 Å². The molecule has 0 aliphatic rings. The largest absolute Gasteiger partial charge is 0.405 e. The first-order valence-corrected chi connectivity index (χ1v) is 4.85. The molecular weight excluding hydrogens is 233 g/mol. The molecule has 0 unspecified atom stereocenters. The monoisotopic (exact) mass is 244 g/mol. The van der Waals surface area contributed by atoms with Gasteiger partial charge in [-0.1, -0.05) is 0 Å². The number of hydrogen-bond donors (Lipinski definition) is 1. The number of aromatic nitrogens is 1. The van der Waals surface area contributed by atoms with E-state index in [-0.39, 0.29) is 23.7 Å². The Kier molecular flexibility index (Phi) is 3.78. The summed E-state index contributed by atoms with van der Waals surface area (Å²) in [5.41, 5.74) is 5.53. The van der Waals surface area contributed by atoms with E-state index in [9.17, 15) is 13.2 Å². The molecule has 0 spiro atoms. The highest BCUT2D eigenvalue weighted by molar-refractivity contribution is 5.55. The molecule has 0 aromatic carbocycles. The summed E-state index contributed by atoms with van der Waals surface area (Å²) in [6, 6.07) is 4.47. The summed E-state index contributed by atoms with van der Waals surface area (Å²) in [5.74, 6) is 0.0931. The normalized spacial score (nSPS) is 11.0. The maximum atomic E-state index is 12.3. The number of pyridine rings is 1. The maximum absolute atomic E-state index is 12.3. The second kappa shape index (κ2) is 4.91. The molecule has 17 heavy (non-hydrogen) atoms. The van der Waals surface area contributed by atoms with Gasteiger partial charge in [-0.15, -0.1) is 0 Å². The van der Waals surface area contributed by atoms with Crippen molar-refractivity contribution in [2.45, 2.75) is 13.1 Å². The van der Waals surface area contributed by atoms with Crippen molar-refractivity contribution in [1.82, 2.24) is 4.98 Å². The smallest absolute Gasteiger partial charge is 0.396 e. The zero-order valence-corrected chi connectivity index (χ0v) is 9.12. The molecule has 1 aromatic heterocycles. The van der Waals surface area contributed by atoms with E-state index in [1.165, 1.54) is 12.1 Å². The molecule has 0 fully saturated rings. The van der Waals surface area contributed by atoms with Gasteiger partial charge < -0.3 is 10.6 Å². The van der Waals surface area contributed by atoms with Crippen molar-refractivity contribution in [3.63, 3.8) is 0 Å². The summed E-state index contributed by atoms with van der Waals surface area (Å²) in [4.78, 5) is 4.81. The van der Waals surface area contributed by atoms with E-state index in [0.717, 1.165) is 4.90 Å². The summed E-state index contributed by atoms with van der Waals surface area (Å²) < 4.78 is 36.8. The number of nitrogens with zero attached hydrogens (tertiary/aromatic N) is 3. The van der Waals surface area contributed by atoms with Crippen LogP contribution in [0, 0.1) is 11.3 Å². The maximum Gasteiger partial charge on any atom is 0.405 e. The van der Waals surface area contributed by atoms with Crippen LogP contribution in [0.4, 0.5) is 24.7 Å². The van der Waals surface area contributed by atoms with Gasteiger partial charge >= 0.3 is 6.18 Å². The minimum atomic E-state index is -4.31. The van der Waals surface area contributed by atoms with Crippen LogP contribution in [0.25, 0.3) is 0 Å². The van der Waals surface area contributed by atoms with Crippen molar-refractivity contribution in [3.8, 4) is 6.07 Å². The first-order chi connectivity index (χ1) is 7.87. The number of hydrogen-bond acceptors (Lipinski definition) is 4. The van der Waals surface area contributed by atoms with Crippen LogP contribution in [0.15, 0.2) is 12.1 Å². The zero-order chi connectivity index (χ0) is 13.1. The lowest BCUT2D eigenvalue weighted by Crippen LogP contribution is -2.34. The fraction of sp³-hybridized carbons (Fsp3) is 0.400. The van der Waals surface area contributed by atoms with Crippen LogP contribution in [0.5, 0.6) is 0 Å². The lowest BCUT2D eigenvalue weighted by Gasteiger charge is -2.23. The van der Waals surface area contributed by atoms with E-state index in [2.05, 4.69) is 4.98 Å². The Bertz CT molecular complexity index is 436. The van der Waals surface area contributed by atoms with Gasteiger partial charge in [-0.3, -0.25) is 0 Å². The minimum absolute atomic E-state index is 0.0666. The predicted octanol–water partition coefficient (Wildman–Crippen LogP) is 1.92. The molecule has 4 nitrogen and oxygen atoms in total. The second-order valence-electron chi connectivity index (χ2n) is 3.35. The molecule has 0 radical (unpaired) electrons. The van der Waals surface area contributed by atoms with Gasteiger partial charge in [0, 0.05) is 6.54 Å². The highest BCUT2D eigenvalue weighted by atomic mass is 19.4. The molecule has 0 atom stereocenters. The Morgan fingerprint density at radius 1 is 1.47 bits per heavy atom. The molecular formula is C10H11F3N4. The Morgan fingerprint density at radius 2 is 2.12 bits per heavy atom. The van der Waals surface area contributed by atoms with Gasteiger partial charge in [-0.25, -0.2) is 4.98 Å². The van der Waals surface area contributed by atoms with Gasteiger partial charge in [-0.05, 0) is 19.1 Å². The predicted molar refractivity (Wildman–Crippen MR) is 57.3 cm³/mol. The number of nitrogens with two attached hydrogens (primary N) is 1. The van der Waals surface area contributed by atoms with Gasteiger partial charge in [0.2, 0.25) is 0 Å². The third-order valence-electron chi connectivity index (χ3n) is 2.09. The zero-order valence-electron chi connectivity index (χ0n) is 9.12. The summed E-state index contributed by atoms with van der Waals surface area (Å²) in [7, 11) is 0. The fourth-order valence-electron chi connectivity index (χ4n) is 1.30. The molecule has 0 aliphatic heterocycles. The van der Waals surface area contributed by atoms with E-state index in [0.29, 0.717) is 0 Å². The van der Waals surface area contributed by atoms with E-state index < -0.39 is 12.7 Å². The molecule has 1 heterocycles. The van der Waals surface area contributed by atoms with Crippen LogP contribution in [0.2, 0.25) is 0 Å². The topological polar surface area (TPSA) is 65.9 Å². The summed E-state index contributed by atoms with van der Waals surface area (Å²) in [6.07, 6.45) is -4.31. The number of nitrogen functional groups attached to an aromatic ring is 1. The number of halogens is 3. The SMILES string of the molecule is CCN(CC(F)(F)F)c1ccc(N)c(C#N)n1. The fourth-order valence-corrected chi connectivity index (χ4v) is 1.30. The molecule has 1 rings (SSSR count). The van der Waals surface area contributed by atoms with E-state index in [1.54, 1.807) is 13.0 Å². The van der Waals surface area contributed by atoms with Gasteiger partial charge in [0.25, 0.3) is 0 Å². The lowest BCUT2D eigenvalue weighted by molar-refractivity contribution is -0.119. The molecule has 7 heteroatoms. The third-order valence-corrected chi connectivity index (χ3v) is 2.09. The molecule has 92 valence electrons. The van der Waals surface area contributed by atoms with Crippen molar-refractivity contribution < 1.29 is 13.2 Å². The Balaban J connectivity index is 3.01.